The van der Waals surface area contributed by atoms with Gasteiger partial charge in [0.1, 0.15) is 0 Å². The lowest BCUT2D eigenvalue weighted by Gasteiger charge is -2.40. The van der Waals surface area contributed by atoms with Crippen molar-refractivity contribution in [1.29, 1.82) is 0 Å². The Kier molecular flexibility index (Phi) is 5.79. The number of nitrogens with zero attached hydrogens (tertiary/aromatic N) is 3. The number of rotatable bonds is 6. The zero-order chi connectivity index (χ0) is 24.0. The van der Waals surface area contributed by atoms with Crippen LogP contribution in [-0.2, 0) is 17.1 Å². The van der Waals surface area contributed by atoms with Crippen LogP contribution in [-0.4, -0.2) is 49.1 Å². The molecule has 3 heterocycles. The van der Waals surface area contributed by atoms with Gasteiger partial charge in [-0.05, 0) is 36.4 Å². The summed E-state index contributed by atoms with van der Waals surface area (Å²) in [6.45, 7) is -0.652. The number of alkyl halides is 2. The summed E-state index contributed by atoms with van der Waals surface area (Å²) >= 11 is 6.04. The molecule has 1 aromatic carbocycles. The van der Waals surface area contributed by atoms with Crippen molar-refractivity contribution in [1.82, 2.24) is 9.55 Å². The third-order valence-electron chi connectivity index (χ3n) is 4.95. The summed E-state index contributed by atoms with van der Waals surface area (Å²) in [6.07, 6.45) is 4.16. The summed E-state index contributed by atoms with van der Waals surface area (Å²) in [5.41, 5.74) is 2.73. The van der Waals surface area contributed by atoms with E-state index in [4.69, 9.17) is 11.6 Å². The van der Waals surface area contributed by atoms with Crippen LogP contribution in [0.15, 0.2) is 48.8 Å². The van der Waals surface area contributed by atoms with Crippen LogP contribution in [0.3, 0.4) is 0 Å². The highest BCUT2D eigenvalue weighted by molar-refractivity contribution is 7.92. The Morgan fingerprint density at radius 2 is 1.85 bits per heavy atom. The lowest BCUT2D eigenvalue weighted by Crippen LogP contribution is -2.56. The van der Waals surface area contributed by atoms with Gasteiger partial charge in [0.15, 0.2) is 0 Å². The van der Waals surface area contributed by atoms with E-state index in [9.17, 15) is 22.0 Å². The van der Waals surface area contributed by atoms with Gasteiger partial charge in [0.05, 0.1) is 53.9 Å². The van der Waals surface area contributed by atoms with Crippen LogP contribution in [0.5, 0.6) is 0 Å². The Morgan fingerprint density at radius 3 is 2.45 bits per heavy atom. The molecule has 1 aliphatic rings. The molecule has 0 spiro atoms. The average molecular weight is 496 g/mol. The highest BCUT2D eigenvalue weighted by Gasteiger charge is 2.44. The van der Waals surface area contributed by atoms with E-state index < -0.39 is 21.9 Å². The first-order chi connectivity index (χ1) is 15.4. The summed E-state index contributed by atoms with van der Waals surface area (Å²) in [5.74, 6) is -3.09. The van der Waals surface area contributed by atoms with E-state index in [1.165, 1.54) is 24.4 Å². The standard InChI is InChI=1S/C21H20ClF2N5O3S/c1-28-10-13(20(30)26-15-6-14(22)7-16(8-15)27-33(2,31)32)5-19(28)18-4-3-17(9-25-18)29-11-21(23,24)12-29/h3-10,27H,11-12H2,1-2H3,(H,26,30). The number of benzene rings is 1. The number of anilines is 3. The van der Waals surface area contributed by atoms with E-state index in [1.807, 2.05) is 0 Å². The van der Waals surface area contributed by atoms with Gasteiger partial charge in [-0.2, -0.15) is 0 Å². The summed E-state index contributed by atoms with van der Waals surface area (Å²) in [5, 5.41) is 2.94. The minimum absolute atomic E-state index is 0.221. The largest absolute Gasteiger partial charge is 0.358 e. The van der Waals surface area contributed by atoms with Gasteiger partial charge in [-0.15, -0.1) is 0 Å². The molecule has 1 aliphatic heterocycles. The zero-order valence-corrected chi connectivity index (χ0v) is 19.2. The molecule has 0 aliphatic carbocycles. The first kappa shape index (κ1) is 23.0. The van der Waals surface area contributed by atoms with Gasteiger partial charge in [-0.25, -0.2) is 17.2 Å². The second-order valence-corrected chi connectivity index (χ2v) is 10.1. The van der Waals surface area contributed by atoms with Gasteiger partial charge < -0.3 is 14.8 Å². The molecule has 0 radical (unpaired) electrons. The van der Waals surface area contributed by atoms with E-state index in [0.717, 1.165) is 6.26 Å². The second kappa shape index (κ2) is 8.31. The number of sulfonamides is 1. The van der Waals surface area contributed by atoms with E-state index in [1.54, 1.807) is 40.9 Å². The number of carbonyl (C=O) groups is 1. The minimum atomic E-state index is -3.51. The fourth-order valence-corrected chi connectivity index (χ4v) is 4.28. The van der Waals surface area contributed by atoms with Crippen LogP contribution in [0.1, 0.15) is 10.4 Å². The molecule has 1 saturated heterocycles. The zero-order valence-electron chi connectivity index (χ0n) is 17.6. The minimum Gasteiger partial charge on any atom is -0.358 e. The number of nitrogens with one attached hydrogen (secondary N) is 2. The van der Waals surface area contributed by atoms with Crippen LogP contribution in [0.2, 0.25) is 5.02 Å². The van der Waals surface area contributed by atoms with Gasteiger partial charge in [-0.3, -0.25) is 14.5 Å². The number of carbonyl (C=O) groups excluding carboxylic acids is 1. The Balaban J connectivity index is 1.50. The molecule has 4 rings (SSSR count). The summed E-state index contributed by atoms with van der Waals surface area (Å²) < 4.78 is 53.1. The number of hydrogen-bond donors (Lipinski definition) is 2. The van der Waals surface area contributed by atoms with Crippen LogP contribution in [0, 0.1) is 0 Å². The predicted octanol–water partition coefficient (Wildman–Crippen LogP) is 3.82. The maximum absolute atomic E-state index is 13.1. The van der Waals surface area contributed by atoms with Crippen LogP contribution in [0.25, 0.3) is 11.4 Å². The quantitative estimate of drug-likeness (QED) is 0.542. The van der Waals surface area contributed by atoms with E-state index in [-0.39, 0.29) is 23.8 Å². The fourth-order valence-electron chi connectivity index (χ4n) is 3.50. The summed E-state index contributed by atoms with van der Waals surface area (Å²) in [6, 6.07) is 9.45. The molecule has 2 aromatic heterocycles. The molecule has 0 atom stereocenters. The summed E-state index contributed by atoms with van der Waals surface area (Å²) in [7, 11) is -1.75. The van der Waals surface area contributed by atoms with Crippen molar-refractivity contribution in [2.75, 3.05) is 34.3 Å². The molecule has 0 bridgehead atoms. The van der Waals surface area contributed by atoms with Gasteiger partial charge >= 0.3 is 0 Å². The molecule has 12 heteroatoms. The number of amides is 1. The maximum atomic E-state index is 13.1. The van der Waals surface area contributed by atoms with Gasteiger partial charge in [0.2, 0.25) is 10.0 Å². The monoisotopic (exact) mass is 495 g/mol. The molecule has 174 valence electrons. The molecule has 0 unspecified atom stereocenters. The number of aromatic nitrogens is 2. The molecular weight excluding hydrogens is 476 g/mol. The predicted molar refractivity (Wildman–Crippen MR) is 124 cm³/mol. The number of halogens is 3. The Labute approximate surface area is 194 Å². The van der Waals surface area contributed by atoms with Crippen LogP contribution < -0.4 is 14.9 Å². The van der Waals surface area contributed by atoms with Crippen LogP contribution in [0.4, 0.5) is 25.8 Å². The summed E-state index contributed by atoms with van der Waals surface area (Å²) in [4.78, 5) is 18.7. The molecule has 1 amide bonds. The van der Waals surface area contributed by atoms with Gasteiger partial charge in [-0.1, -0.05) is 11.6 Å². The number of pyridine rings is 1. The van der Waals surface area contributed by atoms with E-state index in [2.05, 4.69) is 15.0 Å². The smallest absolute Gasteiger partial charge is 0.282 e. The van der Waals surface area contributed by atoms with Crippen molar-refractivity contribution < 1.29 is 22.0 Å². The topological polar surface area (TPSA) is 96.3 Å². The number of aryl methyl sites for hydroxylation is 1. The molecule has 0 saturated carbocycles. The first-order valence-corrected chi connectivity index (χ1v) is 12.0. The van der Waals surface area contributed by atoms with Crippen molar-refractivity contribution in [3.63, 3.8) is 0 Å². The molecule has 33 heavy (non-hydrogen) atoms. The Hall–Kier alpha value is -3.18. The molecule has 2 N–H and O–H groups in total. The maximum Gasteiger partial charge on any atom is 0.282 e. The van der Waals surface area contributed by atoms with Gasteiger partial charge in [0.25, 0.3) is 11.8 Å². The normalized spacial score (nSPS) is 15.1. The van der Waals surface area contributed by atoms with Crippen LogP contribution >= 0.6 is 11.6 Å². The van der Waals surface area contributed by atoms with Crippen molar-refractivity contribution in [2.45, 2.75) is 5.92 Å². The first-order valence-electron chi connectivity index (χ1n) is 9.74. The van der Waals surface area contributed by atoms with Gasteiger partial charge in [0, 0.05) is 24.0 Å². The third kappa shape index (κ3) is 5.42. The molecule has 8 nitrogen and oxygen atoms in total. The second-order valence-electron chi connectivity index (χ2n) is 7.90. The third-order valence-corrected chi connectivity index (χ3v) is 5.77. The SMILES string of the molecule is Cn1cc(C(=O)Nc2cc(Cl)cc(NS(C)(=O)=O)c2)cc1-c1ccc(N2CC(F)(F)C2)cn1. The Morgan fingerprint density at radius 1 is 1.15 bits per heavy atom. The van der Waals surface area contributed by atoms with Crippen molar-refractivity contribution >= 4 is 44.6 Å². The molecule has 3 aromatic rings. The lowest BCUT2D eigenvalue weighted by molar-refractivity contribution is -0.0262. The van der Waals surface area contributed by atoms with E-state index >= 15 is 0 Å². The number of hydrogen-bond acceptors (Lipinski definition) is 5. The molecule has 1 fully saturated rings. The highest BCUT2D eigenvalue weighted by atomic mass is 35.5. The molecular formula is C21H20ClF2N5O3S. The fraction of sp³-hybridized carbons (Fsp3) is 0.238. The van der Waals surface area contributed by atoms with Crippen molar-refractivity contribution in [2.24, 2.45) is 7.05 Å². The Bertz CT molecular complexity index is 1320. The average Bonchev–Trinajstić information content (AvgIpc) is 3.06. The van der Waals surface area contributed by atoms with Crippen molar-refractivity contribution in [3.8, 4) is 11.4 Å². The van der Waals surface area contributed by atoms with E-state index in [0.29, 0.717) is 28.3 Å². The lowest BCUT2D eigenvalue weighted by atomic mass is 10.1. The van der Waals surface area contributed by atoms with Crippen molar-refractivity contribution in [3.05, 3.63) is 59.4 Å². The highest BCUT2D eigenvalue weighted by Crippen LogP contribution is 2.32.